The van der Waals surface area contributed by atoms with Crippen LogP contribution in [0.4, 0.5) is 4.39 Å². The number of aromatic nitrogens is 3. The van der Waals surface area contributed by atoms with Crippen molar-refractivity contribution in [2.24, 2.45) is 0 Å². The number of methoxy groups -OCH3 is 1. The van der Waals surface area contributed by atoms with E-state index in [9.17, 15) is 4.39 Å². The first kappa shape index (κ1) is 18.6. The maximum absolute atomic E-state index is 13.0. The Kier molecular flexibility index (Phi) is 5.68. The zero-order valence-electron chi connectivity index (χ0n) is 15.0. The molecule has 4 aromatic rings. The quantitative estimate of drug-likeness (QED) is 0.387. The molecule has 2 aromatic carbocycles. The number of thiazole rings is 1. The van der Waals surface area contributed by atoms with Gasteiger partial charge in [0.25, 0.3) is 5.22 Å². The molecule has 4 rings (SSSR count). The highest BCUT2D eigenvalue weighted by molar-refractivity contribution is 7.98. The molecule has 0 bridgehead atoms. The summed E-state index contributed by atoms with van der Waals surface area (Å²) in [5.41, 5.74) is 2.90. The maximum atomic E-state index is 13.0. The third kappa shape index (κ3) is 4.58. The first-order chi connectivity index (χ1) is 13.7. The number of ether oxygens (including phenoxy) is 1. The fraction of sp³-hybridized carbons (Fsp3) is 0.150. The third-order valence-corrected chi connectivity index (χ3v) is 5.74. The molecule has 0 saturated heterocycles. The second-order valence-electron chi connectivity index (χ2n) is 5.93. The van der Waals surface area contributed by atoms with E-state index in [0.29, 0.717) is 23.3 Å². The van der Waals surface area contributed by atoms with Crippen LogP contribution in [0.15, 0.2) is 63.6 Å². The van der Waals surface area contributed by atoms with Gasteiger partial charge in [0.1, 0.15) is 16.6 Å². The normalized spacial score (nSPS) is 10.9. The Morgan fingerprint density at radius 1 is 1.07 bits per heavy atom. The average molecular weight is 413 g/mol. The fourth-order valence-corrected chi connectivity index (χ4v) is 4.12. The van der Waals surface area contributed by atoms with Gasteiger partial charge in [-0.2, -0.15) is 0 Å². The summed E-state index contributed by atoms with van der Waals surface area (Å²) >= 11 is 2.98. The van der Waals surface area contributed by atoms with Crippen LogP contribution in [0.1, 0.15) is 17.1 Å². The van der Waals surface area contributed by atoms with Crippen molar-refractivity contribution in [3.05, 3.63) is 76.9 Å². The molecule has 142 valence electrons. The molecule has 8 heteroatoms. The van der Waals surface area contributed by atoms with Crippen LogP contribution < -0.4 is 4.74 Å². The van der Waals surface area contributed by atoms with Crippen molar-refractivity contribution in [3.63, 3.8) is 0 Å². The number of thioether (sulfide) groups is 1. The Hall–Kier alpha value is -2.71. The molecule has 0 aliphatic carbocycles. The van der Waals surface area contributed by atoms with Crippen LogP contribution in [0, 0.1) is 5.82 Å². The number of benzene rings is 2. The third-order valence-electron chi connectivity index (χ3n) is 3.95. The Bertz CT molecular complexity index is 1050. The van der Waals surface area contributed by atoms with Gasteiger partial charge in [0.05, 0.1) is 19.2 Å². The van der Waals surface area contributed by atoms with Gasteiger partial charge >= 0.3 is 0 Å². The lowest BCUT2D eigenvalue weighted by Gasteiger charge is -2.00. The summed E-state index contributed by atoms with van der Waals surface area (Å²) in [5.74, 6) is 1.76. The molecule has 0 N–H and O–H groups in total. The Morgan fingerprint density at radius 2 is 1.86 bits per heavy atom. The number of hydrogen-bond donors (Lipinski definition) is 0. The number of rotatable bonds is 7. The zero-order valence-corrected chi connectivity index (χ0v) is 16.6. The molecule has 0 aliphatic rings. The summed E-state index contributed by atoms with van der Waals surface area (Å²) in [4.78, 5) is 4.59. The smallest absolute Gasteiger partial charge is 0.276 e. The molecule has 28 heavy (non-hydrogen) atoms. The molecular weight excluding hydrogens is 397 g/mol. The van der Waals surface area contributed by atoms with Gasteiger partial charge in [-0.25, -0.2) is 9.37 Å². The second kappa shape index (κ2) is 8.53. The Morgan fingerprint density at radius 3 is 2.61 bits per heavy atom. The standard InChI is InChI=1S/C20H16FN3O2S2/c1-25-17-8-2-13(3-9-17)10-18-23-24-20(26-18)28-12-16-11-27-19(22-16)14-4-6-15(21)7-5-14/h2-9,11H,10,12H2,1H3. The number of nitrogens with zero attached hydrogens (tertiary/aromatic N) is 3. The van der Waals surface area contributed by atoms with E-state index in [1.54, 1.807) is 19.2 Å². The largest absolute Gasteiger partial charge is 0.497 e. The Labute approximate surface area is 169 Å². The summed E-state index contributed by atoms with van der Waals surface area (Å²) < 4.78 is 23.9. The van der Waals surface area contributed by atoms with Crippen molar-refractivity contribution in [1.29, 1.82) is 0 Å². The van der Waals surface area contributed by atoms with Gasteiger partial charge in [-0.05, 0) is 42.0 Å². The molecule has 0 radical (unpaired) electrons. The minimum absolute atomic E-state index is 0.252. The molecule has 2 heterocycles. The first-order valence-corrected chi connectivity index (χ1v) is 10.3. The minimum Gasteiger partial charge on any atom is -0.497 e. The monoisotopic (exact) mass is 413 g/mol. The van der Waals surface area contributed by atoms with Gasteiger partial charge in [-0.15, -0.1) is 21.5 Å². The zero-order chi connectivity index (χ0) is 19.3. The van der Waals surface area contributed by atoms with Crippen LogP contribution in [-0.4, -0.2) is 22.3 Å². The van der Waals surface area contributed by atoms with Gasteiger partial charge in [-0.3, -0.25) is 0 Å². The predicted octanol–water partition coefficient (Wildman–Crippen LogP) is 5.22. The van der Waals surface area contributed by atoms with Crippen molar-refractivity contribution >= 4 is 23.1 Å². The van der Waals surface area contributed by atoms with Gasteiger partial charge in [0.2, 0.25) is 5.89 Å². The summed E-state index contributed by atoms with van der Waals surface area (Å²) in [7, 11) is 1.64. The van der Waals surface area contributed by atoms with Crippen molar-refractivity contribution in [3.8, 4) is 16.3 Å². The van der Waals surface area contributed by atoms with Crippen LogP contribution in [0.25, 0.3) is 10.6 Å². The van der Waals surface area contributed by atoms with Gasteiger partial charge in [0.15, 0.2) is 0 Å². The van der Waals surface area contributed by atoms with Crippen LogP contribution in [0.3, 0.4) is 0 Å². The molecule has 0 aliphatic heterocycles. The second-order valence-corrected chi connectivity index (χ2v) is 7.71. The van der Waals surface area contributed by atoms with E-state index in [0.717, 1.165) is 27.6 Å². The van der Waals surface area contributed by atoms with Gasteiger partial charge < -0.3 is 9.15 Å². The molecule has 0 amide bonds. The minimum atomic E-state index is -0.252. The maximum Gasteiger partial charge on any atom is 0.276 e. The fourth-order valence-electron chi connectivity index (χ4n) is 2.52. The SMILES string of the molecule is COc1ccc(Cc2nnc(SCc3csc(-c4ccc(F)cc4)n3)o2)cc1. The van der Waals surface area contributed by atoms with E-state index in [2.05, 4.69) is 15.2 Å². The molecule has 5 nitrogen and oxygen atoms in total. The summed E-state index contributed by atoms with van der Waals surface area (Å²) in [6.07, 6.45) is 0.572. The van der Waals surface area contributed by atoms with Gasteiger partial charge in [0, 0.05) is 16.7 Å². The molecule has 0 saturated carbocycles. The van der Waals surface area contributed by atoms with E-state index in [4.69, 9.17) is 9.15 Å². The van der Waals surface area contributed by atoms with E-state index in [-0.39, 0.29) is 5.82 Å². The number of hydrogen-bond acceptors (Lipinski definition) is 7. The van der Waals surface area contributed by atoms with Crippen LogP contribution in [-0.2, 0) is 12.2 Å². The molecule has 0 spiro atoms. The van der Waals surface area contributed by atoms with Crippen LogP contribution in [0.5, 0.6) is 5.75 Å². The molecule has 0 atom stereocenters. The van der Waals surface area contributed by atoms with E-state index in [1.807, 2.05) is 29.6 Å². The highest BCUT2D eigenvalue weighted by Gasteiger charge is 2.10. The molecule has 0 unspecified atom stereocenters. The summed E-state index contributed by atoms with van der Waals surface area (Å²) in [5, 5.41) is 11.6. The van der Waals surface area contributed by atoms with Crippen molar-refractivity contribution < 1.29 is 13.5 Å². The van der Waals surface area contributed by atoms with E-state index >= 15 is 0 Å². The lowest BCUT2D eigenvalue weighted by Crippen LogP contribution is -1.89. The highest BCUT2D eigenvalue weighted by Crippen LogP contribution is 2.28. The summed E-state index contributed by atoms with van der Waals surface area (Å²) in [6.45, 7) is 0. The van der Waals surface area contributed by atoms with Crippen molar-refractivity contribution in [2.45, 2.75) is 17.4 Å². The van der Waals surface area contributed by atoms with Crippen molar-refractivity contribution in [2.75, 3.05) is 7.11 Å². The lowest BCUT2D eigenvalue weighted by molar-refractivity contribution is 0.413. The van der Waals surface area contributed by atoms with E-state index in [1.165, 1.54) is 35.2 Å². The number of halogens is 1. The average Bonchev–Trinajstić information content (AvgIpc) is 3.37. The van der Waals surface area contributed by atoms with Crippen molar-refractivity contribution in [1.82, 2.24) is 15.2 Å². The summed E-state index contributed by atoms with van der Waals surface area (Å²) in [6, 6.07) is 14.1. The van der Waals surface area contributed by atoms with Gasteiger partial charge in [-0.1, -0.05) is 23.9 Å². The lowest BCUT2D eigenvalue weighted by atomic mass is 10.1. The topological polar surface area (TPSA) is 61.0 Å². The highest BCUT2D eigenvalue weighted by atomic mass is 32.2. The molecule has 2 aromatic heterocycles. The predicted molar refractivity (Wildman–Crippen MR) is 107 cm³/mol. The molecule has 0 fully saturated rings. The van der Waals surface area contributed by atoms with Crippen LogP contribution in [0.2, 0.25) is 0 Å². The first-order valence-electron chi connectivity index (χ1n) is 8.48. The molecular formula is C20H16FN3O2S2. The van der Waals surface area contributed by atoms with E-state index < -0.39 is 0 Å². The Balaban J connectivity index is 1.35. The van der Waals surface area contributed by atoms with Crippen LogP contribution >= 0.6 is 23.1 Å².